The van der Waals surface area contributed by atoms with Gasteiger partial charge in [-0.2, -0.15) is 4.31 Å². The molecular weight excluding hydrogens is 530 g/mol. The zero-order chi connectivity index (χ0) is 26.9. The number of nitrogens with zero attached hydrogens (tertiary/aromatic N) is 4. The number of nitrogens with two attached hydrogens (primary N) is 1. The summed E-state index contributed by atoms with van der Waals surface area (Å²) in [6.07, 6.45) is -3.20. The Labute approximate surface area is 205 Å². The van der Waals surface area contributed by atoms with Gasteiger partial charge in [0.15, 0.2) is 17.7 Å². The molecular formula is C16H30N6O12P2. The number of hydrogen-bond donors (Lipinski definition) is 7. The van der Waals surface area contributed by atoms with Crippen molar-refractivity contribution in [3.63, 3.8) is 0 Å². The fourth-order valence-corrected chi connectivity index (χ4v) is 4.55. The molecule has 5 atom stereocenters. The third kappa shape index (κ3) is 9.04. The second kappa shape index (κ2) is 13.8. The van der Waals surface area contributed by atoms with Crippen LogP contribution in [-0.4, -0.2) is 110 Å². The topological polar surface area (TPSA) is 263 Å². The Balaban J connectivity index is 0.000000434. The first-order valence-electron chi connectivity index (χ1n) is 10.3. The number of rotatable bonds is 12. The number of aliphatic hydroxyl groups is 2. The van der Waals surface area contributed by atoms with Crippen molar-refractivity contribution in [3.05, 3.63) is 12.7 Å². The van der Waals surface area contributed by atoms with Crippen LogP contribution in [-0.2, 0) is 32.2 Å². The van der Waals surface area contributed by atoms with E-state index in [-0.39, 0.29) is 17.0 Å². The molecule has 0 radical (unpaired) electrons. The van der Waals surface area contributed by atoms with Crippen LogP contribution in [0.5, 0.6) is 0 Å². The standard InChI is InChI=1S/C10H15N5O10P2.C6H15NO2/c11-8-5-9(13-2-12-8)15(3-14-5)10-7(17)6(16)4(24-10)1-23-27(21,22)25-26(18,19)20;1-8-5-3-7-4-6-9-2/h2-4,6-7,10,16-17H,1H2,(H,21,22)(H2,11,12,13)(H2,18,19,20);7H,3-6H2,1-2H3/t4-,6?,7?,10-;/m1./s1. The minimum absolute atomic E-state index is 0.0856. The van der Waals surface area contributed by atoms with E-state index < -0.39 is 46.8 Å². The van der Waals surface area contributed by atoms with Gasteiger partial charge in [-0.15, -0.1) is 0 Å². The maximum absolute atomic E-state index is 11.5. The van der Waals surface area contributed by atoms with Gasteiger partial charge in [0.25, 0.3) is 0 Å². The molecule has 0 spiro atoms. The van der Waals surface area contributed by atoms with Crippen molar-refractivity contribution in [3.8, 4) is 0 Å². The first-order valence-corrected chi connectivity index (χ1v) is 13.3. The molecule has 0 aliphatic carbocycles. The number of anilines is 1. The van der Waals surface area contributed by atoms with E-state index in [4.69, 9.17) is 29.7 Å². The molecule has 20 heteroatoms. The summed E-state index contributed by atoms with van der Waals surface area (Å²) in [5, 5.41) is 23.4. The third-order valence-corrected chi connectivity index (χ3v) is 6.73. The number of aromatic nitrogens is 4. The van der Waals surface area contributed by atoms with Crippen molar-refractivity contribution in [1.82, 2.24) is 24.8 Å². The van der Waals surface area contributed by atoms with Crippen molar-refractivity contribution in [2.75, 3.05) is 52.9 Å². The van der Waals surface area contributed by atoms with Crippen LogP contribution >= 0.6 is 15.6 Å². The largest absolute Gasteiger partial charge is 0.481 e. The molecule has 2 aromatic rings. The Kier molecular flexibility index (Phi) is 11.7. The monoisotopic (exact) mass is 560 g/mol. The molecule has 0 aromatic carbocycles. The third-order valence-electron chi connectivity index (χ3n) is 4.58. The smallest absolute Gasteiger partial charge is 0.387 e. The molecule has 0 bridgehead atoms. The van der Waals surface area contributed by atoms with Gasteiger partial charge < -0.3 is 50.2 Å². The Morgan fingerprint density at radius 1 is 1.08 bits per heavy atom. The summed E-state index contributed by atoms with van der Waals surface area (Å²) in [7, 11) is -7.03. The van der Waals surface area contributed by atoms with Crippen LogP contribution in [0, 0.1) is 0 Å². The zero-order valence-corrected chi connectivity index (χ0v) is 21.1. The molecule has 1 fully saturated rings. The summed E-state index contributed by atoms with van der Waals surface area (Å²) in [4.78, 5) is 38.1. The van der Waals surface area contributed by atoms with E-state index in [0.717, 1.165) is 32.6 Å². The molecule has 18 nitrogen and oxygen atoms in total. The van der Waals surface area contributed by atoms with Crippen molar-refractivity contribution in [2.45, 2.75) is 24.5 Å². The maximum atomic E-state index is 11.5. The van der Waals surface area contributed by atoms with Crippen LogP contribution in [0.25, 0.3) is 11.2 Å². The van der Waals surface area contributed by atoms with E-state index >= 15 is 0 Å². The summed E-state index contributed by atoms with van der Waals surface area (Å²) in [5.74, 6) is 0.0856. The van der Waals surface area contributed by atoms with E-state index in [1.165, 1.54) is 10.9 Å². The lowest BCUT2D eigenvalue weighted by Crippen LogP contribution is -2.33. The summed E-state index contributed by atoms with van der Waals surface area (Å²) >= 11 is 0. The molecule has 206 valence electrons. The van der Waals surface area contributed by atoms with Crippen LogP contribution in [0.2, 0.25) is 0 Å². The molecule has 8 N–H and O–H groups in total. The van der Waals surface area contributed by atoms with Gasteiger partial charge in [0.2, 0.25) is 0 Å². The zero-order valence-electron chi connectivity index (χ0n) is 19.4. The summed E-state index contributed by atoms with van der Waals surface area (Å²) < 4.78 is 46.5. The van der Waals surface area contributed by atoms with Gasteiger partial charge in [-0.3, -0.25) is 9.09 Å². The van der Waals surface area contributed by atoms with E-state index in [1.807, 2.05) is 0 Å². The molecule has 36 heavy (non-hydrogen) atoms. The molecule has 3 unspecified atom stereocenters. The van der Waals surface area contributed by atoms with Gasteiger partial charge in [-0.05, 0) is 0 Å². The van der Waals surface area contributed by atoms with Crippen molar-refractivity contribution >= 4 is 32.6 Å². The van der Waals surface area contributed by atoms with E-state index in [0.29, 0.717) is 0 Å². The SMILES string of the molecule is COCCNCCOC.Nc1ncnc2c1ncn2[C@@H]1O[C@H](COP(=O)(O)OP(=O)(O)O)C(O)C1O. The molecule has 2 aromatic heterocycles. The van der Waals surface area contributed by atoms with Crippen molar-refractivity contribution in [1.29, 1.82) is 0 Å². The summed E-state index contributed by atoms with van der Waals surface area (Å²) in [6, 6.07) is 0. The lowest BCUT2D eigenvalue weighted by Gasteiger charge is -2.17. The predicted molar refractivity (Wildman–Crippen MR) is 121 cm³/mol. The molecule has 0 saturated carbocycles. The van der Waals surface area contributed by atoms with Crippen molar-refractivity contribution in [2.24, 2.45) is 0 Å². The van der Waals surface area contributed by atoms with Crippen LogP contribution < -0.4 is 11.1 Å². The van der Waals surface area contributed by atoms with Crippen LogP contribution in [0.1, 0.15) is 6.23 Å². The first kappa shape index (κ1) is 30.6. The summed E-state index contributed by atoms with van der Waals surface area (Å²) in [5.41, 5.74) is 6.11. The highest BCUT2D eigenvalue weighted by atomic mass is 31.3. The normalized spacial score (nSPS) is 23.9. The Morgan fingerprint density at radius 3 is 2.31 bits per heavy atom. The van der Waals surface area contributed by atoms with Gasteiger partial charge in [0, 0.05) is 27.3 Å². The number of phosphoric ester groups is 1. The fraction of sp³-hybridized carbons (Fsp3) is 0.688. The number of fused-ring (bicyclic) bond motifs is 1. The second-order valence-electron chi connectivity index (χ2n) is 7.20. The summed E-state index contributed by atoms with van der Waals surface area (Å²) in [6.45, 7) is 2.53. The van der Waals surface area contributed by atoms with Gasteiger partial charge in [-0.25, -0.2) is 24.1 Å². The van der Waals surface area contributed by atoms with E-state index in [2.05, 4.69) is 29.1 Å². The molecule has 3 heterocycles. The number of phosphoric acid groups is 2. The average molecular weight is 560 g/mol. The Bertz CT molecular complexity index is 1050. The number of nitrogen functional groups attached to an aromatic ring is 1. The minimum atomic E-state index is -5.29. The van der Waals surface area contributed by atoms with E-state index in [1.54, 1.807) is 14.2 Å². The van der Waals surface area contributed by atoms with Gasteiger partial charge in [0.05, 0.1) is 26.1 Å². The molecule has 3 rings (SSSR count). The molecule has 1 saturated heterocycles. The predicted octanol–water partition coefficient (Wildman–Crippen LogP) is -1.88. The van der Waals surface area contributed by atoms with Gasteiger partial charge >= 0.3 is 15.6 Å². The number of aliphatic hydroxyl groups excluding tert-OH is 2. The van der Waals surface area contributed by atoms with Gasteiger partial charge in [-0.1, -0.05) is 0 Å². The van der Waals surface area contributed by atoms with Crippen LogP contribution in [0.4, 0.5) is 5.82 Å². The number of imidazole rings is 1. The molecule has 0 amide bonds. The number of hydrogen-bond acceptors (Lipinski definition) is 14. The minimum Gasteiger partial charge on any atom is -0.387 e. The second-order valence-corrected chi connectivity index (χ2v) is 10.0. The maximum Gasteiger partial charge on any atom is 0.481 e. The quantitative estimate of drug-likeness (QED) is 0.111. The number of methoxy groups -OCH3 is 2. The van der Waals surface area contributed by atoms with Crippen molar-refractivity contribution < 1.29 is 57.1 Å². The Morgan fingerprint density at radius 2 is 1.72 bits per heavy atom. The highest BCUT2D eigenvalue weighted by Gasteiger charge is 2.46. The number of ether oxygens (including phenoxy) is 3. The average Bonchev–Trinajstić information content (AvgIpc) is 3.33. The van der Waals surface area contributed by atoms with Crippen LogP contribution in [0.3, 0.4) is 0 Å². The molecule has 1 aliphatic heterocycles. The fourth-order valence-electron chi connectivity index (χ4n) is 2.95. The van der Waals surface area contributed by atoms with Crippen LogP contribution in [0.15, 0.2) is 12.7 Å². The first-order chi connectivity index (χ1) is 16.9. The lowest BCUT2D eigenvalue weighted by atomic mass is 10.1. The highest BCUT2D eigenvalue weighted by molar-refractivity contribution is 7.60. The highest BCUT2D eigenvalue weighted by Crippen LogP contribution is 2.57. The Hall–Kier alpha value is -1.63. The molecule has 1 aliphatic rings. The van der Waals surface area contributed by atoms with E-state index in [9.17, 15) is 24.2 Å². The lowest BCUT2D eigenvalue weighted by molar-refractivity contribution is -0.0503. The van der Waals surface area contributed by atoms with Gasteiger partial charge in [0.1, 0.15) is 30.2 Å². The number of nitrogens with one attached hydrogen (secondary N) is 1.